The Balaban J connectivity index is 1.74. The number of rotatable bonds is 7. The fourth-order valence-electron chi connectivity index (χ4n) is 3.53. The molecule has 162 valence electrons. The maximum atomic E-state index is 12.9. The first-order valence-electron chi connectivity index (χ1n) is 10.6. The Hall–Kier alpha value is -3.41. The molecule has 0 unspecified atom stereocenters. The summed E-state index contributed by atoms with van der Waals surface area (Å²) in [5, 5.41) is 7.38. The van der Waals surface area contributed by atoms with E-state index in [1.807, 2.05) is 61.5 Å². The molecule has 1 aromatic heterocycles. The van der Waals surface area contributed by atoms with Crippen LogP contribution in [0.4, 0.5) is 5.69 Å². The Bertz CT molecular complexity index is 1070. The molecular formula is C25H29N3O3. The van der Waals surface area contributed by atoms with Gasteiger partial charge in [0.25, 0.3) is 5.91 Å². The molecule has 1 amide bonds. The van der Waals surface area contributed by atoms with Crippen molar-refractivity contribution in [3.63, 3.8) is 0 Å². The number of hydrogen-bond acceptors (Lipinski definition) is 4. The zero-order valence-electron chi connectivity index (χ0n) is 18.7. The molecule has 6 heteroatoms. The van der Waals surface area contributed by atoms with Crippen LogP contribution in [0.3, 0.4) is 0 Å². The number of aryl methyl sites for hydroxylation is 1. The van der Waals surface area contributed by atoms with E-state index in [9.17, 15) is 9.59 Å². The topological polar surface area (TPSA) is 73.2 Å². The first-order valence-corrected chi connectivity index (χ1v) is 10.6. The molecule has 6 nitrogen and oxygen atoms in total. The lowest BCUT2D eigenvalue weighted by atomic mass is 9.97. The van der Waals surface area contributed by atoms with Crippen LogP contribution >= 0.6 is 0 Å². The number of ether oxygens (including phenoxy) is 1. The van der Waals surface area contributed by atoms with Crippen molar-refractivity contribution in [1.29, 1.82) is 0 Å². The predicted molar refractivity (Wildman–Crippen MR) is 122 cm³/mol. The highest BCUT2D eigenvalue weighted by Gasteiger charge is 2.25. The van der Waals surface area contributed by atoms with Gasteiger partial charge in [0.2, 0.25) is 0 Å². The molecule has 0 spiro atoms. The third-order valence-electron chi connectivity index (χ3n) is 5.51. The van der Waals surface area contributed by atoms with Gasteiger partial charge >= 0.3 is 5.97 Å². The first-order chi connectivity index (χ1) is 14.8. The Morgan fingerprint density at radius 2 is 1.68 bits per heavy atom. The number of para-hydroxylation sites is 2. The normalized spacial score (nSPS) is 12.8. The number of carbonyl (C=O) groups excluding carboxylic acids is 2. The largest absolute Gasteiger partial charge is 0.449 e. The summed E-state index contributed by atoms with van der Waals surface area (Å²) in [4.78, 5) is 25.6. The van der Waals surface area contributed by atoms with E-state index in [-0.39, 0.29) is 5.91 Å². The molecular weight excluding hydrogens is 390 g/mol. The van der Waals surface area contributed by atoms with Gasteiger partial charge in [-0.3, -0.25) is 4.79 Å². The fraction of sp³-hybridized carbons (Fsp3) is 0.320. The third kappa shape index (κ3) is 4.85. The SMILES string of the molecule is CC[C@H](C)c1ccccc1NC(=O)[C@@H](C)OC(=O)c1c(C)nn(-c2ccccc2)c1C. The zero-order chi connectivity index (χ0) is 22.5. The molecule has 2 atom stereocenters. The second kappa shape index (κ2) is 9.60. The van der Waals surface area contributed by atoms with E-state index in [0.717, 1.165) is 23.4 Å². The van der Waals surface area contributed by atoms with Crippen LogP contribution in [-0.2, 0) is 9.53 Å². The molecule has 0 aliphatic heterocycles. The second-order valence-electron chi connectivity index (χ2n) is 7.73. The van der Waals surface area contributed by atoms with Crippen LogP contribution in [0.2, 0.25) is 0 Å². The molecule has 0 saturated heterocycles. The van der Waals surface area contributed by atoms with Crippen LogP contribution in [-0.4, -0.2) is 27.8 Å². The highest BCUT2D eigenvalue weighted by atomic mass is 16.5. The quantitative estimate of drug-likeness (QED) is 0.535. The number of aromatic nitrogens is 2. The van der Waals surface area contributed by atoms with E-state index < -0.39 is 12.1 Å². The van der Waals surface area contributed by atoms with Gasteiger partial charge in [-0.1, -0.05) is 50.2 Å². The van der Waals surface area contributed by atoms with Crippen molar-refractivity contribution in [3.05, 3.63) is 77.1 Å². The molecule has 3 aromatic rings. The van der Waals surface area contributed by atoms with Crippen LogP contribution in [0, 0.1) is 13.8 Å². The minimum atomic E-state index is -0.948. The summed E-state index contributed by atoms with van der Waals surface area (Å²) in [6.45, 7) is 9.37. The summed E-state index contributed by atoms with van der Waals surface area (Å²) in [6, 6.07) is 17.3. The summed E-state index contributed by atoms with van der Waals surface area (Å²) < 4.78 is 7.21. The molecule has 0 bridgehead atoms. The average Bonchev–Trinajstić information content (AvgIpc) is 3.08. The molecule has 2 aromatic carbocycles. The third-order valence-corrected chi connectivity index (χ3v) is 5.51. The Labute approximate surface area is 183 Å². The lowest BCUT2D eigenvalue weighted by Gasteiger charge is -2.18. The maximum absolute atomic E-state index is 12.9. The molecule has 3 rings (SSSR count). The second-order valence-corrected chi connectivity index (χ2v) is 7.73. The number of nitrogens with one attached hydrogen (secondary N) is 1. The average molecular weight is 420 g/mol. The molecule has 0 aliphatic rings. The highest BCUT2D eigenvalue weighted by Crippen LogP contribution is 2.27. The fourth-order valence-corrected chi connectivity index (χ4v) is 3.53. The van der Waals surface area contributed by atoms with Crippen LogP contribution in [0.5, 0.6) is 0 Å². The molecule has 1 heterocycles. The van der Waals surface area contributed by atoms with Gasteiger partial charge in [0, 0.05) is 5.69 Å². The summed E-state index contributed by atoms with van der Waals surface area (Å²) in [5.41, 5.74) is 4.27. The number of carbonyl (C=O) groups is 2. The maximum Gasteiger partial charge on any atom is 0.342 e. The van der Waals surface area contributed by atoms with Crippen molar-refractivity contribution in [3.8, 4) is 5.69 Å². The predicted octanol–water partition coefficient (Wildman–Crippen LogP) is 5.19. The highest BCUT2D eigenvalue weighted by molar-refractivity contribution is 5.98. The molecule has 0 fully saturated rings. The van der Waals surface area contributed by atoms with Crippen molar-refractivity contribution in [2.45, 2.75) is 53.1 Å². The van der Waals surface area contributed by atoms with Crippen molar-refractivity contribution in [1.82, 2.24) is 9.78 Å². The van der Waals surface area contributed by atoms with Crippen LogP contribution in [0.25, 0.3) is 5.69 Å². The van der Waals surface area contributed by atoms with E-state index in [1.54, 1.807) is 18.5 Å². The summed E-state index contributed by atoms with van der Waals surface area (Å²) in [5.74, 6) is -0.617. The number of esters is 1. The molecule has 0 saturated carbocycles. The number of nitrogens with zero attached hydrogens (tertiary/aromatic N) is 2. The smallest absolute Gasteiger partial charge is 0.342 e. The molecule has 31 heavy (non-hydrogen) atoms. The number of hydrogen-bond donors (Lipinski definition) is 1. The standard InChI is InChI=1S/C25H29N3O3/c1-6-16(2)21-14-10-11-15-22(21)26-24(29)19(5)31-25(30)23-17(3)27-28(18(23)4)20-12-8-7-9-13-20/h7-16,19H,6H2,1-5H3,(H,26,29)/t16-,19+/m0/s1. The van der Waals surface area contributed by atoms with Crippen molar-refractivity contribution < 1.29 is 14.3 Å². The van der Waals surface area contributed by atoms with E-state index >= 15 is 0 Å². The minimum absolute atomic E-state index is 0.309. The van der Waals surface area contributed by atoms with Gasteiger partial charge in [-0.05, 0) is 56.9 Å². The first kappa shape index (κ1) is 22.3. The van der Waals surface area contributed by atoms with E-state index in [1.165, 1.54) is 0 Å². The van der Waals surface area contributed by atoms with Gasteiger partial charge < -0.3 is 10.1 Å². The van der Waals surface area contributed by atoms with Crippen LogP contribution in [0.15, 0.2) is 54.6 Å². The van der Waals surface area contributed by atoms with Gasteiger partial charge in [-0.2, -0.15) is 5.10 Å². The minimum Gasteiger partial charge on any atom is -0.449 e. The lowest BCUT2D eigenvalue weighted by Crippen LogP contribution is -2.30. The Morgan fingerprint density at radius 3 is 2.35 bits per heavy atom. The number of benzene rings is 2. The van der Waals surface area contributed by atoms with Crippen molar-refractivity contribution in [2.24, 2.45) is 0 Å². The molecule has 1 N–H and O–H groups in total. The molecule has 0 aliphatic carbocycles. The van der Waals surface area contributed by atoms with Crippen molar-refractivity contribution >= 4 is 17.6 Å². The van der Waals surface area contributed by atoms with Gasteiger partial charge in [-0.25, -0.2) is 9.48 Å². The van der Waals surface area contributed by atoms with Crippen LogP contribution < -0.4 is 5.32 Å². The van der Waals surface area contributed by atoms with E-state index in [0.29, 0.717) is 22.9 Å². The monoisotopic (exact) mass is 419 g/mol. The summed E-state index contributed by atoms with van der Waals surface area (Å²) in [7, 11) is 0. The van der Waals surface area contributed by atoms with Gasteiger partial charge in [0.1, 0.15) is 5.56 Å². The van der Waals surface area contributed by atoms with Gasteiger partial charge in [0.15, 0.2) is 6.10 Å². The number of amides is 1. The van der Waals surface area contributed by atoms with Gasteiger partial charge in [0.05, 0.1) is 17.1 Å². The lowest BCUT2D eigenvalue weighted by molar-refractivity contribution is -0.123. The zero-order valence-corrected chi connectivity index (χ0v) is 18.7. The van der Waals surface area contributed by atoms with E-state index in [4.69, 9.17) is 4.74 Å². The Kier molecular flexibility index (Phi) is 6.90. The molecule has 0 radical (unpaired) electrons. The van der Waals surface area contributed by atoms with E-state index in [2.05, 4.69) is 24.3 Å². The Morgan fingerprint density at radius 1 is 1.03 bits per heavy atom. The van der Waals surface area contributed by atoms with Crippen molar-refractivity contribution in [2.75, 3.05) is 5.32 Å². The summed E-state index contributed by atoms with van der Waals surface area (Å²) in [6.07, 6.45) is 0.0119. The number of anilines is 1. The summed E-state index contributed by atoms with van der Waals surface area (Å²) >= 11 is 0. The van der Waals surface area contributed by atoms with Gasteiger partial charge in [-0.15, -0.1) is 0 Å². The van der Waals surface area contributed by atoms with Crippen LogP contribution in [0.1, 0.15) is 60.4 Å².